The molecule has 0 bridgehead atoms. The molecule has 0 saturated carbocycles. The van der Waals surface area contributed by atoms with Gasteiger partial charge in [-0.3, -0.25) is 14.4 Å². The van der Waals surface area contributed by atoms with Crippen molar-refractivity contribution in [3.05, 3.63) is 95.8 Å². The summed E-state index contributed by atoms with van der Waals surface area (Å²) < 4.78 is 23.6. The van der Waals surface area contributed by atoms with E-state index in [4.69, 9.17) is 9.47 Å². The summed E-state index contributed by atoms with van der Waals surface area (Å²) in [4.78, 5) is 37.6. The van der Waals surface area contributed by atoms with Crippen molar-refractivity contribution < 1.29 is 28.2 Å². The number of benzene rings is 3. The molecule has 0 spiro atoms. The standard InChI is InChI=1S/C25H23FN2O5/c1-28(16-18-7-11-20(26)12-8-18)23(29)17-32-24(30)15-27-25(31)19-9-13-22(14-10-19)33-21-5-3-2-4-6-21/h2-14H,15-17H2,1H3,(H,27,31). The Bertz CT molecular complexity index is 1090. The number of rotatable bonds is 9. The van der Waals surface area contributed by atoms with Gasteiger partial charge in [-0.2, -0.15) is 0 Å². The highest BCUT2D eigenvalue weighted by Gasteiger charge is 2.14. The van der Waals surface area contributed by atoms with E-state index in [1.54, 1.807) is 43.4 Å². The van der Waals surface area contributed by atoms with E-state index in [0.29, 0.717) is 17.1 Å². The van der Waals surface area contributed by atoms with Gasteiger partial charge in [0.05, 0.1) is 0 Å². The highest BCUT2D eigenvalue weighted by Crippen LogP contribution is 2.21. The van der Waals surface area contributed by atoms with Gasteiger partial charge in [0.25, 0.3) is 11.8 Å². The van der Waals surface area contributed by atoms with Crippen LogP contribution in [-0.2, 0) is 20.9 Å². The average molecular weight is 450 g/mol. The third-order valence-electron chi connectivity index (χ3n) is 4.60. The Balaban J connectivity index is 1.39. The molecule has 33 heavy (non-hydrogen) atoms. The second kappa shape index (κ2) is 11.4. The zero-order valence-electron chi connectivity index (χ0n) is 18.0. The number of carbonyl (C=O) groups is 3. The molecule has 0 heterocycles. The Kier molecular flexibility index (Phi) is 8.13. The van der Waals surface area contributed by atoms with Crippen LogP contribution in [0.15, 0.2) is 78.9 Å². The van der Waals surface area contributed by atoms with Crippen molar-refractivity contribution in [1.29, 1.82) is 0 Å². The van der Waals surface area contributed by atoms with E-state index in [9.17, 15) is 18.8 Å². The van der Waals surface area contributed by atoms with Gasteiger partial charge in [-0.25, -0.2) is 4.39 Å². The lowest BCUT2D eigenvalue weighted by atomic mass is 10.2. The summed E-state index contributed by atoms with van der Waals surface area (Å²) in [5, 5.41) is 2.45. The zero-order chi connectivity index (χ0) is 23.6. The van der Waals surface area contributed by atoms with Crippen LogP contribution in [-0.4, -0.2) is 42.9 Å². The molecule has 0 atom stereocenters. The third-order valence-corrected chi connectivity index (χ3v) is 4.60. The molecule has 0 unspecified atom stereocenters. The van der Waals surface area contributed by atoms with Crippen molar-refractivity contribution in [2.45, 2.75) is 6.54 Å². The Morgan fingerprint density at radius 1 is 0.879 bits per heavy atom. The molecule has 2 amide bonds. The van der Waals surface area contributed by atoms with Crippen LogP contribution in [0.25, 0.3) is 0 Å². The number of nitrogens with one attached hydrogen (secondary N) is 1. The largest absolute Gasteiger partial charge is 0.457 e. The summed E-state index contributed by atoms with van der Waals surface area (Å²) in [6.07, 6.45) is 0. The van der Waals surface area contributed by atoms with Crippen molar-refractivity contribution in [1.82, 2.24) is 10.2 Å². The number of hydrogen-bond donors (Lipinski definition) is 1. The molecule has 0 aromatic heterocycles. The number of carbonyl (C=O) groups excluding carboxylic acids is 3. The normalized spacial score (nSPS) is 10.2. The zero-order valence-corrected chi connectivity index (χ0v) is 18.0. The molecular formula is C25H23FN2O5. The first-order valence-electron chi connectivity index (χ1n) is 10.2. The molecular weight excluding hydrogens is 427 g/mol. The number of halogens is 1. The van der Waals surface area contributed by atoms with Crippen LogP contribution in [0.1, 0.15) is 15.9 Å². The Hall–Kier alpha value is -4.20. The number of nitrogens with zero attached hydrogens (tertiary/aromatic N) is 1. The molecule has 3 aromatic carbocycles. The quantitative estimate of drug-likeness (QED) is 0.504. The lowest BCUT2D eigenvalue weighted by Crippen LogP contribution is -2.34. The minimum absolute atomic E-state index is 0.247. The van der Waals surface area contributed by atoms with Crippen molar-refractivity contribution in [3.8, 4) is 11.5 Å². The van der Waals surface area contributed by atoms with Crippen LogP contribution >= 0.6 is 0 Å². The van der Waals surface area contributed by atoms with Gasteiger partial charge in [0.2, 0.25) is 0 Å². The van der Waals surface area contributed by atoms with Crippen LogP contribution in [0, 0.1) is 5.82 Å². The second-order valence-corrected chi connectivity index (χ2v) is 7.16. The lowest BCUT2D eigenvalue weighted by molar-refractivity contribution is -0.150. The van der Waals surface area contributed by atoms with E-state index in [2.05, 4.69) is 5.32 Å². The van der Waals surface area contributed by atoms with Crippen molar-refractivity contribution in [3.63, 3.8) is 0 Å². The van der Waals surface area contributed by atoms with Gasteiger partial charge in [0, 0.05) is 19.2 Å². The molecule has 1 N–H and O–H groups in total. The van der Waals surface area contributed by atoms with Gasteiger partial charge in [-0.15, -0.1) is 0 Å². The van der Waals surface area contributed by atoms with Crippen LogP contribution in [0.2, 0.25) is 0 Å². The average Bonchev–Trinajstić information content (AvgIpc) is 2.83. The molecule has 8 heteroatoms. The Morgan fingerprint density at radius 3 is 2.18 bits per heavy atom. The monoisotopic (exact) mass is 450 g/mol. The summed E-state index contributed by atoms with van der Waals surface area (Å²) >= 11 is 0. The lowest BCUT2D eigenvalue weighted by Gasteiger charge is -2.17. The van der Waals surface area contributed by atoms with Gasteiger partial charge < -0.3 is 19.7 Å². The first-order chi connectivity index (χ1) is 15.9. The van der Waals surface area contributed by atoms with Gasteiger partial charge in [0.15, 0.2) is 6.61 Å². The molecule has 0 aliphatic rings. The molecule has 3 aromatic rings. The van der Waals surface area contributed by atoms with E-state index in [0.717, 1.165) is 5.56 Å². The number of hydrogen-bond acceptors (Lipinski definition) is 5. The van der Waals surface area contributed by atoms with Gasteiger partial charge in [0.1, 0.15) is 23.9 Å². The number of likely N-dealkylation sites (N-methyl/N-ethyl adjacent to an activating group) is 1. The summed E-state index contributed by atoms with van der Waals surface area (Å²) in [6, 6.07) is 21.4. The van der Waals surface area contributed by atoms with Gasteiger partial charge >= 0.3 is 5.97 Å². The van der Waals surface area contributed by atoms with E-state index < -0.39 is 24.4 Å². The van der Waals surface area contributed by atoms with Crippen LogP contribution in [0.5, 0.6) is 11.5 Å². The number of amides is 2. The van der Waals surface area contributed by atoms with E-state index in [1.165, 1.54) is 17.0 Å². The molecule has 0 radical (unpaired) electrons. The summed E-state index contributed by atoms with van der Waals surface area (Å²) in [6.45, 7) is -0.592. The first kappa shape index (κ1) is 23.5. The predicted molar refractivity (Wildman–Crippen MR) is 119 cm³/mol. The summed E-state index contributed by atoms with van der Waals surface area (Å²) in [5.74, 6) is -0.738. The minimum atomic E-state index is -0.740. The highest BCUT2D eigenvalue weighted by molar-refractivity contribution is 5.96. The van der Waals surface area contributed by atoms with Gasteiger partial charge in [-0.05, 0) is 54.1 Å². The van der Waals surface area contributed by atoms with E-state index >= 15 is 0 Å². The highest BCUT2D eigenvalue weighted by atomic mass is 19.1. The molecule has 0 saturated heterocycles. The maximum atomic E-state index is 13.0. The fraction of sp³-hybridized carbons (Fsp3) is 0.160. The van der Waals surface area contributed by atoms with Crippen molar-refractivity contribution in [2.24, 2.45) is 0 Å². The van der Waals surface area contributed by atoms with Crippen molar-refractivity contribution in [2.75, 3.05) is 20.2 Å². The van der Waals surface area contributed by atoms with E-state index in [-0.39, 0.29) is 18.9 Å². The molecule has 0 aliphatic carbocycles. The van der Waals surface area contributed by atoms with Crippen molar-refractivity contribution >= 4 is 17.8 Å². The number of esters is 1. The molecule has 7 nitrogen and oxygen atoms in total. The Labute approximate surface area is 190 Å². The summed E-state index contributed by atoms with van der Waals surface area (Å²) in [7, 11) is 1.55. The number of ether oxygens (including phenoxy) is 2. The molecule has 0 fully saturated rings. The predicted octanol–water partition coefficient (Wildman–Crippen LogP) is 3.55. The van der Waals surface area contributed by atoms with Gasteiger partial charge in [-0.1, -0.05) is 30.3 Å². The summed E-state index contributed by atoms with van der Waals surface area (Å²) in [5.41, 5.74) is 1.09. The smallest absolute Gasteiger partial charge is 0.325 e. The fourth-order valence-corrected chi connectivity index (χ4v) is 2.81. The Morgan fingerprint density at radius 2 is 1.52 bits per heavy atom. The minimum Gasteiger partial charge on any atom is -0.457 e. The SMILES string of the molecule is CN(Cc1ccc(F)cc1)C(=O)COC(=O)CNC(=O)c1ccc(Oc2ccccc2)cc1. The maximum absolute atomic E-state index is 13.0. The molecule has 0 aliphatic heterocycles. The third kappa shape index (κ3) is 7.46. The van der Waals surface area contributed by atoms with E-state index in [1.807, 2.05) is 30.3 Å². The first-order valence-corrected chi connectivity index (χ1v) is 10.2. The maximum Gasteiger partial charge on any atom is 0.325 e. The second-order valence-electron chi connectivity index (χ2n) is 7.16. The van der Waals surface area contributed by atoms with Crippen LogP contribution < -0.4 is 10.1 Å². The van der Waals surface area contributed by atoms with Crippen LogP contribution in [0.3, 0.4) is 0 Å². The topological polar surface area (TPSA) is 84.9 Å². The fourth-order valence-electron chi connectivity index (χ4n) is 2.81. The number of para-hydroxylation sites is 1. The molecule has 3 rings (SSSR count). The van der Waals surface area contributed by atoms with Crippen LogP contribution in [0.4, 0.5) is 4.39 Å². The molecule has 170 valence electrons.